The molecule has 0 radical (unpaired) electrons. The summed E-state index contributed by atoms with van der Waals surface area (Å²) >= 11 is 6.28. The van der Waals surface area contributed by atoms with Crippen molar-refractivity contribution in [3.8, 4) is 0 Å². The van der Waals surface area contributed by atoms with E-state index in [0.29, 0.717) is 0 Å². The number of nitrogen functional groups attached to an aromatic ring is 1. The first-order valence-corrected chi connectivity index (χ1v) is 5.34. The van der Waals surface area contributed by atoms with E-state index in [1.54, 1.807) is 0 Å². The van der Waals surface area contributed by atoms with E-state index in [1.807, 2.05) is 38.1 Å². The number of fused-ring (bicyclic) bond motifs is 1. The van der Waals surface area contributed by atoms with Crippen molar-refractivity contribution < 1.29 is 0 Å². The van der Waals surface area contributed by atoms with Gasteiger partial charge in [-0.05, 0) is 36.9 Å². The molecule has 0 saturated heterocycles. The zero-order valence-electron chi connectivity index (χ0n) is 8.92. The van der Waals surface area contributed by atoms with Gasteiger partial charge >= 0.3 is 0 Å². The minimum absolute atomic E-state index is 0.377. The molecule has 0 bridgehead atoms. The van der Waals surface area contributed by atoms with E-state index in [2.05, 4.69) is 12.1 Å². The maximum Gasteiger partial charge on any atom is 0.0639 e. The Kier molecular flexibility index (Phi) is 2.35. The first-order chi connectivity index (χ1) is 6.98. The molecule has 0 atom stereocenters. The zero-order valence-corrected chi connectivity index (χ0v) is 9.68. The molecule has 2 N–H and O–H groups in total. The third-order valence-electron chi connectivity index (χ3n) is 2.58. The molecule has 0 aliphatic carbocycles. The molecule has 0 aliphatic rings. The van der Waals surface area contributed by atoms with Crippen LogP contribution in [0.1, 0.15) is 19.4 Å². The van der Waals surface area contributed by atoms with Crippen molar-refractivity contribution in [2.75, 3.05) is 5.73 Å². The SMILES string of the molecule is CC(C)(Cl)c1cc(N)c2ccccc2c1. The lowest BCUT2D eigenvalue weighted by Crippen LogP contribution is -2.08. The van der Waals surface area contributed by atoms with Gasteiger partial charge in [-0.2, -0.15) is 0 Å². The van der Waals surface area contributed by atoms with Crippen LogP contribution in [0.15, 0.2) is 36.4 Å². The highest BCUT2D eigenvalue weighted by Crippen LogP contribution is 2.32. The van der Waals surface area contributed by atoms with Gasteiger partial charge in [-0.25, -0.2) is 0 Å². The highest BCUT2D eigenvalue weighted by molar-refractivity contribution is 6.23. The highest BCUT2D eigenvalue weighted by atomic mass is 35.5. The average Bonchev–Trinajstić information content (AvgIpc) is 2.16. The molecular weight excluding hydrogens is 206 g/mol. The molecule has 15 heavy (non-hydrogen) atoms. The van der Waals surface area contributed by atoms with E-state index in [9.17, 15) is 0 Å². The maximum atomic E-state index is 6.28. The Morgan fingerprint density at radius 1 is 1.13 bits per heavy atom. The van der Waals surface area contributed by atoms with Gasteiger partial charge in [0.25, 0.3) is 0 Å². The smallest absolute Gasteiger partial charge is 0.0639 e. The van der Waals surface area contributed by atoms with Crippen molar-refractivity contribution in [3.05, 3.63) is 42.0 Å². The molecule has 2 aromatic carbocycles. The van der Waals surface area contributed by atoms with Gasteiger partial charge in [0.2, 0.25) is 0 Å². The van der Waals surface area contributed by atoms with E-state index >= 15 is 0 Å². The Hall–Kier alpha value is -1.21. The van der Waals surface area contributed by atoms with Crippen molar-refractivity contribution in [1.29, 1.82) is 0 Å². The average molecular weight is 220 g/mol. The monoisotopic (exact) mass is 219 g/mol. The highest BCUT2D eigenvalue weighted by Gasteiger charge is 2.17. The van der Waals surface area contributed by atoms with Crippen LogP contribution in [0.5, 0.6) is 0 Å². The van der Waals surface area contributed by atoms with Crippen LogP contribution in [0.25, 0.3) is 10.8 Å². The van der Waals surface area contributed by atoms with Crippen molar-refractivity contribution in [1.82, 2.24) is 0 Å². The summed E-state index contributed by atoms with van der Waals surface area (Å²) in [5.74, 6) is 0. The Labute approximate surface area is 94.9 Å². The molecule has 0 fully saturated rings. The Morgan fingerprint density at radius 3 is 2.47 bits per heavy atom. The number of halogens is 1. The Morgan fingerprint density at radius 2 is 1.80 bits per heavy atom. The summed E-state index contributed by atoms with van der Waals surface area (Å²) in [6.07, 6.45) is 0. The minimum atomic E-state index is -0.377. The summed E-state index contributed by atoms with van der Waals surface area (Å²) < 4.78 is 0. The summed E-state index contributed by atoms with van der Waals surface area (Å²) in [5, 5.41) is 2.23. The van der Waals surface area contributed by atoms with Crippen LogP contribution in [0.2, 0.25) is 0 Å². The molecule has 0 spiro atoms. The van der Waals surface area contributed by atoms with Crippen LogP contribution in [-0.2, 0) is 4.87 Å². The lowest BCUT2D eigenvalue weighted by atomic mass is 9.97. The van der Waals surface area contributed by atoms with Crippen LogP contribution >= 0.6 is 11.6 Å². The Balaban J connectivity index is 2.73. The summed E-state index contributed by atoms with van der Waals surface area (Å²) in [6, 6.07) is 12.1. The maximum absolute atomic E-state index is 6.28. The van der Waals surface area contributed by atoms with Crippen LogP contribution in [0, 0.1) is 0 Å². The third kappa shape index (κ3) is 1.93. The molecule has 1 nitrogen and oxygen atoms in total. The molecule has 0 unspecified atom stereocenters. The molecule has 0 aromatic heterocycles. The first kappa shape index (κ1) is 10.3. The number of anilines is 1. The molecule has 2 heteroatoms. The number of hydrogen-bond donors (Lipinski definition) is 1. The van der Waals surface area contributed by atoms with Gasteiger partial charge in [-0.1, -0.05) is 24.3 Å². The van der Waals surface area contributed by atoms with Crippen molar-refractivity contribution >= 4 is 28.1 Å². The summed E-state index contributed by atoms with van der Waals surface area (Å²) in [6.45, 7) is 3.94. The molecule has 0 amide bonds. The molecular formula is C13H14ClN. The largest absolute Gasteiger partial charge is 0.398 e. The fourth-order valence-electron chi connectivity index (χ4n) is 1.68. The topological polar surface area (TPSA) is 26.0 Å². The van der Waals surface area contributed by atoms with Gasteiger partial charge in [-0.15, -0.1) is 11.6 Å². The fourth-order valence-corrected chi connectivity index (χ4v) is 1.79. The summed E-state index contributed by atoms with van der Waals surface area (Å²) in [7, 11) is 0. The van der Waals surface area contributed by atoms with Gasteiger partial charge in [0, 0.05) is 11.1 Å². The van der Waals surface area contributed by atoms with E-state index < -0.39 is 0 Å². The van der Waals surface area contributed by atoms with Crippen LogP contribution in [-0.4, -0.2) is 0 Å². The minimum Gasteiger partial charge on any atom is -0.398 e. The second kappa shape index (κ2) is 3.42. The van der Waals surface area contributed by atoms with Crippen molar-refractivity contribution in [2.45, 2.75) is 18.7 Å². The van der Waals surface area contributed by atoms with Crippen molar-refractivity contribution in [2.24, 2.45) is 0 Å². The van der Waals surface area contributed by atoms with Gasteiger partial charge < -0.3 is 5.73 Å². The van der Waals surface area contributed by atoms with Gasteiger partial charge in [0.15, 0.2) is 0 Å². The molecule has 0 saturated carbocycles. The third-order valence-corrected chi connectivity index (χ3v) is 2.80. The lowest BCUT2D eigenvalue weighted by molar-refractivity contribution is 0.768. The number of nitrogens with two attached hydrogens (primary N) is 1. The van der Waals surface area contributed by atoms with E-state index in [4.69, 9.17) is 17.3 Å². The number of benzene rings is 2. The van der Waals surface area contributed by atoms with Crippen molar-refractivity contribution in [3.63, 3.8) is 0 Å². The summed E-state index contributed by atoms with van der Waals surface area (Å²) in [4.78, 5) is -0.377. The molecule has 78 valence electrons. The standard InChI is InChI=1S/C13H14ClN/c1-13(2,14)10-7-9-5-3-4-6-11(9)12(15)8-10/h3-8H,15H2,1-2H3. The molecule has 0 aliphatic heterocycles. The fraction of sp³-hybridized carbons (Fsp3) is 0.231. The number of hydrogen-bond acceptors (Lipinski definition) is 1. The van der Waals surface area contributed by atoms with Crippen LogP contribution in [0.3, 0.4) is 0 Å². The van der Waals surface area contributed by atoms with Gasteiger partial charge in [0.05, 0.1) is 4.87 Å². The number of rotatable bonds is 1. The Bertz CT molecular complexity index is 497. The first-order valence-electron chi connectivity index (χ1n) is 4.96. The van der Waals surface area contributed by atoms with Crippen LogP contribution < -0.4 is 5.73 Å². The molecule has 0 heterocycles. The molecule has 2 aromatic rings. The van der Waals surface area contributed by atoms with Crippen LogP contribution in [0.4, 0.5) is 5.69 Å². The van der Waals surface area contributed by atoms with Gasteiger partial charge in [0.1, 0.15) is 0 Å². The lowest BCUT2D eigenvalue weighted by Gasteiger charge is -2.18. The predicted octanol–water partition coefficient (Wildman–Crippen LogP) is 3.90. The molecule has 2 rings (SSSR count). The zero-order chi connectivity index (χ0) is 11.1. The van der Waals surface area contributed by atoms with E-state index in [-0.39, 0.29) is 4.87 Å². The predicted molar refractivity (Wildman–Crippen MR) is 67.2 cm³/mol. The quantitative estimate of drug-likeness (QED) is 0.572. The van der Waals surface area contributed by atoms with E-state index in [1.165, 1.54) is 0 Å². The van der Waals surface area contributed by atoms with Gasteiger partial charge in [-0.3, -0.25) is 0 Å². The number of alkyl halides is 1. The second-order valence-electron chi connectivity index (χ2n) is 4.26. The normalized spacial score (nSPS) is 11.9. The summed E-state index contributed by atoms with van der Waals surface area (Å²) in [5.41, 5.74) is 7.84. The van der Waals surface area contributed by atoms with E-state index in [0.717, 1.165) is 22.0 Å². The second-order valence-corrected chi connectivity index (χ2v) is 5.20.